The fraction of sp³-hybridized carbons (Fsp3) is 0.500. The van der Waals surface area contributed by atoms with E-state index in [-0.39, 0.29) is 12.5 Å². The number of benzene rings is 1. The summed E-state index contributed by atoms with van der Waals surface area (Å²) in [4.78, 5) is 27.5. The summed E-state index contributed by atoms with van der Waals surface area (Å²) in [5.41, 5.74) is 0.738. The first-order valence-corrected chi connectivity index (χ1v) is 7.64. The van der Waals surface area contributed by atoms with E-state index >= 15 is 0 Å². The van der Waals surface area contributed by atoms with E-state index in [9.17, 15) is 22.8 Å². The molecule has 0 aliphatic carbocycles. The molecule has 1 heterocycles. The molecule has 1 saturated heterocycles. The maximum Gasteiger partial charge on any atom is 0.411 e. The number of likely N-dealkylation sites (N-methyl/N-ethyl adjacent to an activating group) is 1. The largest absolute Gasteiger partial charge is 0.411 e. The topological polar surface area (TPSA) is 49.9 Å². The summed E-state index contributed by atoms with van der Waals surface area (Å²) >= 11 is 0. The van der Waals surface area contributed by atoms with Crippen LogP contribution in [-0.4, -0.2) is 55.2 Å². The second kappa shape index (κ2) is 7.65. The van der Waals surface area contributed by atoms with Crippen molar-refractivity contribution in [2.45, 2.75) is 25.6 Å². The smallest absolute Gasteiger partial charge is 0.362 e. The zero-order valence-corrected chi connectivity index (χ0v) is 13.3. The number of alkyl halides is 3. The first-order chi connectivity index (χ1) is 11.3. The van der Waals surface area contributed by atoms with Gasteiger partial charge in [0.15, 0.2) is 0 Å². The van der Waals surface area contributed by atoms with Gasteiger partial charge in [0.2, 0.25) is 11.8 Å². The molecule has 2 rings (SSSR count). The molecule has 1 aromatic carbocycles. The molecule has 5 nitrogen and oxygen atoms in total. The Morgan fingerprint density at radius 2 is 2.00 bits per heavy atom. The SMILES string of the molecule is CCN(C(=O)COCC(F)(F)F)[C@@H]1CCN(c2ccccc2)C1=O. The molecule has 8 heteroatoms. The average molecular weight is 344 g/mol. The quantitative estimate of drug-likeness (QED) is 0.795. The zero-order chi connectivity index (χ0) is 17.7. The number of carbonyl (C=O) groups excluding carboxylic acids is 2. The number of ether oxygens (including phenoxy) is 1. The Morgan fingerprint density at radius 3 is 2.58 bits per heavy atom. The molecule has 1 aromatic rings. The van der Waals surface area contributed by atoms with Crippen LogP contribution in [0.15, 0.2) is 30.3 Å². The van der Waals surface area contributed by atoms with E-state index < -0.39 is 31.3 Å². The normalized spacial score (nSPS) is 18.1. The maximum absolute atomic E-state index is 12.6. The lowest BCUT2D eigenvalue weighted by atomic mass is 10.2. The van der Waals surface area contributed by atoms with Crippen molar-refractivity contribution in [1.82, 2.24) is 4.90 Å². The third-order valence-electron chi connectivity index (χ3n) is 3.77. The Hall–Kier alpha value is -2.09. The molecule has 0 N–H and O–H groups in total. The van der Waals surface area contributed by atoms with Gasteiger partial charge in [-0.2, -0.15) is 13.2 Å². The molecule has 1 atom stereocenters. The Bertz CT molecular complexity index is 578. The molecule has 132 valence electrons. The van der Waals surface area contributed by atoms with Gasteiger partial charge in [0.25, 0.3) is 0 Å². The highest BCUT2D eigenvalue weighted by atomic mass is 19.4. The summed E-state index contributed by atoms with van der Waals surface area (Å²) in [6.07, 6.45) is -4.04. The van der Waals surface area contributed by atoms with Crippen molar-refractivity contribution in [2.75, 3.05) is 31.2 Å². The van der Waals surface area contributed by atoms with E-state index in [0.29, 0.717) is 13.0 Å². The molecule has 0 spiro atoms. The Labute approximate surface area is 138 Å². The van der Waals surface area contributed by atoms with E-state index in [1.165, 1.54) is 4.90 Å². The van der Waals surface area contributed by atoms with Crippen LogP contribution in [0.3, 0.4) is 0 Å². The first-order valence-electron chi connectivity index (χ1n) is 7.64. The van der Waals surface area contributed by atoms with Crippen LogP contribution in [-0.2, 0) is 14.3 Å². The standard InChI is InChI=1S/C16H19F3N2O3/c1-2-20(14(22)10-24-11-16(17,18)19)13-8-9-21(15(13)23)12-6-4-3-5-7-12/h3-7,13H,2,8-11H2,1H3/t13-/m1/s1. The van der Waals surface area contributed by atoms with Crippen LogP contribution in [0, 0.1) is 0 Å². The number of hydrogen-bond acceptors (Lipinski definition) is 3. The van der Waals surface area contributed by atoms with Crippen molar-refractivity contribution < 1.29 is 27.5 Å². The van der Waals surface area contributed by atoms with Gasteiger partial charge in [-0.25, -0.2) is 0 Å². The minimum Gasteiger partial charge on any atom is -0.362 e. The summed E-state index contributed by atoms with van der Waals surface area (Å²) in [6.45, 7) is 0.196. The molecule has 24 heavy (non-hydrogen) atoms. The van der Waals surface area contributed by atoms with Crippen molar-refractivity contribution in [1.29, 1.82) is 0 Å². The van der Waals surface area contributed by atoms with Crippen LogP contribution in [0.1, 0.15) is 13.3 Å². The Morgan fingerprint density at radius 1 is 1.33 bits per heavy atom. The molecule has 0 unspecified atom stereocenters. The number of halogens is 3. The molecular formula is C16H19F3N2O3. The Balaban J connectivity index is 1.98. The van der Waals surface area contributed by atoms with Crippen LogP contribution in [0.25, 0.3) is 0 Å². The fourth-order valence-corrected chi connectivity index (χ4v) is 2.73. The molecule has 2 amide bonds. The molecule has 1 fully saturated rings. The summed E-state index contributed by atoms with van der Waals surface area (Å²) in [7, 11) is 0. The molecule has 0 aromatic heterocycles. The average Bonchev–Trinajstić information content (AvgIpc) is 2.89. The van der Waals surface area contributed by atoms with Gasteiger partial charge in [-0.15, -0.1) is 0 Å². The third-order valence-corrected chi connectivity index (χ3v) is 3.77. The highest BCUT2D eigenvalue weighted by molar-refractivity contribution is 6.01. The number of rotatable bonds is 6. The summed E-state index contributed by atoms with van der Waals surface area (Å²) in [5.74, 6) is -0.845. The number of anilines is 1. The van der Waals surface area contributed by atoms with Gasteiger partial charge in [-0.3, -0.25) is 9.59 Å². The van der Waals surface area contributed by atoms with E-state index in [2.05, 4.69) is 4.74 Å². The molecule has 0 saturated carbocycles. The van der Waals surface area contributed by atoms with Crippen LogP contribution >= 0.6 is 0 Å². The predicted octanol–water partition coefficient (Wildman–Crippen LogP) is 2.22. The zero-order valence-electron chi connectivity index (χ0n) is 13.3. The van der Waals surface area contributed by atoms with Gasteiger partial charge in [-0.05, 0) is 25.5 Å². The molecule has 0 radical (unpaired) electrons. The fourth-order valence-electron chi connectivity index (χ4n) is 2.73. The summed E-state index contributed by atoms with van der Waals surface area (Å²) in [5, 5.41) is 0. The van der Waals surface area contributed by atoms with Gasteiger partial charge in [0.1, 0.15) is 19.3 Å². The van der Waals surface area contributed by atoms with Gasteiger partial charge in [0.05, 0.1) is 0 Å². The minimum absolute atomic E-state index is 0.229. The number of amides is 2. The number of carbonyl (C=O) groups is 2. The first kappa shape index (κ1) is 18.3. The van der Waals surface area contributed by atoms with Crippen LogP contribution in [0.2, 0.25) is 0 Å². The number of hydrogen-bond donors (Lipinski definition) is 0. The lowest BCUT2D eigenvalue weighted by Crippen LogP contribution is -2.46. The van der Waals surface area contributed by atoms with Crippen LogP contribution in [0.5, 0.6) is 0 Å². The van der Waals surface area contributed by atoms with Crippen molar-refractivity contribution in [3.8, 4) is 0 Å². The summed E-state index contributed by atoms with van der Waals surface area (Å²) in [6, 6.07) is 8.38. The maximum atomic E-state index is 12.6. The molecular weight excluding hydrogens is 325 g/mol. The lowest BCUT2D eigenvalue weighted by molar-refractivity contribution is -0.178. The van der Waals surface area contributed by atoms with Gasteiger partial charge < -0.3 is 14.5 Å². The van der Waals surface area contributed by atoms with Crippen molar-refractivity contribution in [3.05, 3.63) is 30.3 Å². The second-order valence-corrected chi connectivity index (χ2v) is 5.42. The van der Waals surface area contributed by atoms with Gasteiger partial charge >= 0.3 is 6.18 Å². The van der Waals surface area contributed by atoms with E-state index in [1.807, 2.05) is 18.2 Å². The number of nitrogens with zero attached hydrogens (tertiary/aromatic N) is 2. The van der Waals surface area contributed by atoms with E-state index in [0.717, 1.165) is 5.69 Å². The lowest BCUT2D eigenvalue weighted by Gasteiger charge is -2.27. The highest BCUT2D eigenvalue weighted by Crippen LogP contribution is 2.24. The molecule has 1 aliphatic rings. The van der Waals surface area contributed by atoms with Crippen molar-refractivity contribution >= 4 is 17.5 Å². The molecule has 1 aliphatic heterocycles. The van der Waals surface area contributed by atoms with E-state index in [4.69, 9.17) is 0 Å². The summed E-state index contributed by atoms with van der Waals surface area (Å²) < 4.78 is 40.6. The monoisotopic (exact) mass is 344 g/mol. The van der Waals surface area contributed by atoms with Gasteiger partial charge in [0, 0.05) is 18.8 Å². The second-order valence-electron chi connectivity index (χ2n) is 5.42. The molecule has 0 bridgehead atoms. The number of para-hydroxylation sites is 1. The van der Waals surface area contributed by atoms with Crippen molar-refractivity contribution in [2.24, 2.45) is 0 Å². The highest BCUT2D eigenvalue weighted by Gasteiger charge is 2.38. The third kappa shape index (κ3) is 4.47. The minimum atomic E-state index is -4.48. The van der Waals surface area contributed by atoms with E-state index in [1.54, 1.807) is 24.0 Å². The predicted molar refractivity (Wildman–Crippen MR) is 81.5 cm³/mol. The van der Waals surface area contributed by atoms with Crippen LogP contribution in [0.4, 0.5) is 18.9 Å². The van der Waals surface area contributed by atoms with Crippen molar-refractivity contribution in [3.63, 3.8) is 0 Å². The Kier molecular flexibility index (Phi) is 5.82. The van der Waals surface area contributed by atoms with Gasteiger partial charge in [-0.1, -0.05) is 18.2 Å². The van der Waals surface area contributed by atoms with Crippen LogP contribution < -0.4 is 4.90 Å².